The second-order valence-electron chi connectivity index (χ2n) is 4.23. The van der Waals surface area contributed by atoms with Crippen LogP contribution in [0.3, 0.4) is 0 Å². The number of thiazole rings is 1. The number of benzene rings is 1. The van der Waals surface area contributed by atoms with Crippen molar-refractivity contribution < 1.29 is 0 Å². The van der Waals surface area contributed by atoms with Gasteiger partial charge in [-0.15, -0.1) is 11.3 Å². The van der Waals surface area contributed by atoms with Crippen molar-refractivity contribution in [1.29, 1.82) is 0 Å². The number of aryl methyl sites for hydroxylation is 1. The monoisotopic (exact) mass is 234 g/mol. The van der Waals surface area contributed by atoms with Crippen LogP contribution in [0.2, 0.25) is 0 Å². The fourth-order valence-electron chi connectivity index (χ4n) is 1.71. The largest absolute Gasteiger partial charge is 0.316 e. The summed E-state index contributed by atoms with van der Waals surface area (Å²) < 4.78 is 1.30. The van der Waals surface area contributed by atoms with Crippen molar-refractivity contribution in [2.45, 2.75) is 26.7 Å². The first-order valence-electron chi connectivity index (χ1n) is 5.78. The molecule has 1 N–H and O–H groups in total. The molecule has 0 spiro atoms. The molecule has 1 atom stereocenters. The Morgan fingerprint density at radius 2 is 2.25 bits per heavy atom. The molecule has 0 bridgehead atoms. The third-order valence-corrected chi connectivity index (χ3v) is 3.93. The number of hydrogen-bond acceptors (Lipinski definition) is 3. The minimum Gasteiger partial charge on any atom is -0.316 e. The molecule has 0 saturated carbocycles. The van der Waals surface area contributed by atoms with Crippen LogP contribution in [-0.4, -0.2) is 18.1 Å². The van der Waals surface area contributed by atoms with Crippen molar-refractivity contribution in [2.75, 3.05) is 13.1 Å². The zero-order valence-electron chi connectivity index (χ0n) is 10.1. The summed E-state index contributed by atoms with van der Waals surface area (Å²) in [5.41, 5.74) is 2.44. The van der Waals surface area contributed by atoms with Gasteiger partial charge in [-0.3, -0.25) is 0 Å². The molecule has 0 saturated heterocycles. The maximum Gasteiger partial charge on any atom is 0.0979 e. The first-order valence-corrected chi connectivity index (χ1v) is 6.60. The van der Waals surface area contributed by atoms with E-state index in [1.807, 2.05) is 11.3 Å². The molecule has 1 heterocycles. The van der Waals surface area contributed by atoms with E-state index in [0.29, 0.717) is 5.92 Å². The van der Waals surface area contributed by atoms with E-state index >= 15 is 0 Å². The number of likely N-dealkylation sites (N-methyl/N-ethyl adjacent to an activating group) is 1. The van der Waals surface area contributed by atoms with E-state index in [9.17, 15) is 0 Å². The Morgan fingerprint density at radius 1 is 1.44 bits per heavy atom. The van der Waals surface area contributed by atoms with Gasteiger partial charge in [0.2, 0.25) is 0 Å². The number of nitrogens with zero attached hydrogens (tertiary/aromatic N) is 1. The lowest BCUT2D eigenvalue weighted by molar-refractivity contribution is 0.633. The number of aromatic nitrogens is 1. The van der Waals surface area contributed by atoms with Crippen molar-refractivity contribution in [3.63, 3.8) is 0 Å². The van der Waals surface area contributed by atoms with Gasteiger partial charge in [0.15, 0.2) is 0 Å². The molecule has 3 heteroatoms. The van der Waals surface area contributed by atoms with Gasteiger partial charge < -0.3 is 5.32 Å². The molecule has 0 aliphatic carbocycles. The number of rotatable bonds is 4. The molecule has 0 aliphatic heterocycles. The number of nitrogens with one attached hydrogen (secondary N) is 1. The van der Waals surface area contributed by atoms with Crippen molar-refractivity contribution in [1.82, 2.24) is 10.3 Å². The molecule has 0 radical (unpaired) electrons. The summed E-state index contributed by atoms with van der Waals surface area (Å²) in [4.78, 5) is 4.69. The highest BCUT2D eigenvalue weighted by Crippen LogP contribution is 2.27. The van der Waals surface area contributed by atoms with Crippen LogP contribution >= 0.6 is 11.3 Å². The van der Waals surface area contributed by atoms with Gasteiger partial charge in [-0.25, -0.2) is 4.98 Å². The molecule has 1 aromatic carbocycles. The Hall–Kier alpha value is -0.930. The van der Waals surface area contributed by atoms with Crippen molar-refractivity contribution in [3.05, 3.63) is 28.8 Å². The van der Waals surface area contributed by atoms with Crippen molar-refractivity contribution >= 4 is 21.6 Å². The first-order chi connectivity index (χ1) is 7.70. The molecule has 1 aromatic heterocycles. The fourth-order valence-corrected chi connectivity index (χ4v) is 2.83. The maximum absolute atomic E-state index is 4.69. The predicted molar refractivity (Wildman–Crippen MR) is 71.3 cm³/mol. The highest BCUT2D eigenvalue weighted by molar-refractivity contribution is 7.18. The smallest absolute Gasteiger partial charge is 0.0979 e. The van der Waals surface area contributed by atoms with Gasteiger partial charge in [0.05, 0.1) is 15.2 Å². The average Bonchev–Trinajstić information content (AvgIpc) is 2.68. The SMILES string of the molecule is CCNCC(C)c1nc2ccc(C)cc2s1. The molecular formula is C13H18N2S. The zero-order valence-corrected chi connectivity index (χ0v) is 10.9. The van der Waals surface area contributed by atoms with Crippen LogP contribution in [0.15, 0.2) is 18.2 Å². The lowest BCUT2D eigenvalue weighted by Gasteiger charge is -2.07. The first kappa shape index (κ1) is 11.6. The van der Waals surface area contributed by atoms with Crippen LogP contribution in [0.1, 0.15) is 30.3 Å². The summed E-state index contributed by atoms with van der Waals surface area (Å²) >= 11 is 1.82. The predicted octanol–water partition coefficient (Wildman–Crippen LogP) is 3.32. The Kier molecular flexibility index (Phi) is 3.56. The van der Waals surface area contributed by atoms with Gasteiger partial charge in [0.25, 0.3) is 0 Å². The fraction of sp³-hybridized carbons (Fsp3) is 0.462. The second kappa shape index (κ2) is 4.93. The van der Waals surface area contributed by atoms with Gasteiger partial charge in [-0.2, -0.15) is 0 Å². The van der Waals surface area contributed by atoms with Gasteiger partial charge in [-0.1, -0.05) is 19.9 Å². The van der Waals surface area contributed by atoms with Crippen LogP contribution in [0.4, 0.5) is 0 Å². The van der Waals surface area contributed by atoms with E-state index in [4.69, 9.17) is 0 Å². The van der Waals surface area contributed by atoms with Gasteiger partial charge in [-0.05, 0) is 31.2 Å². The Balaban J connectivity index is 2.25. The van der Waals surface area contributed by atoms with E-state index in [2.05, 4.69) is 49.3 Å². The lowest BCUT2D eigenvalue weighted by atomic mass is 10.2. The maximum atomic E-state index is 4.69. The van der Waals surface area contributed by atoms with E-state index in [1.165, 1.54) is 15.3 Å². The normalized spacial score (nSPS) is 13.2. The van der Waals surface area contributed by atoms with Crippen molar-refractivity contribution in [3.8, 4) is 0 Å². The van der Waals surface area contributed by atoms with Crippen LogP contribution in [0.5, 0.6) is 0 Å². The van der Waals surface area contributed by atoms with E-state index in [1.54, 1.807) is 0 Å². The number of hydrogen-bond donors (Lipinski definition) is 1. The Morgan fingerprint density at radius 3 is 3.00 bits per heavy atom. The molecule has 0 aliphatic rings. The third-order valence-electron chi connectivity index (χ3n) is 2.68. The Labute approximate surface area is 101 Å². The highest BCUT2D eigenvalue weighted by atomic mass is 32.1. The van der Waals surface area contributed by atoms with Crippen LogP contribution < -0.4 is 5.32 Å². The average molecular weight is 234 g/mol. The van der Waals surface area contributed by atoms with Crippen LogP contribution in [0, 0.1) is 6.92 Å². The van der Waals surface area contributed by atoms with E-state index in [-0.39, 0.29) is 0 Å². The second-order valence-corrected chi connectivity index (χ2v) is 5.29. The standard InChI is InChI=1S/C13H18N2S/c1-4-14-8-10(3)13-15-11-6-5-9(2)7-12(11)16-13/h5-7,10,14H,4,8H2,1-3H3. The molecule has 86 valence electrons. The van der Waals surface area contributed by atoms with E-state index in [0.717, 1.165) is 18.6 Å². The highest BCUT2D eigenvalue weighted by Gasteiger charge is 2.10. The molecular weight excluding hydrogens is 216 g/mol. The molecule has 2 nitrogen and oxygen atoms in total. The summed E-state index contributed by atoms with van der Waals surface area (Å²) in [6.07, 6.45) is 0. The topological polar surface area (TPSA) is 24.9 Å². The third kappa shape index (κ3) is 2.42. The minimum atomic E-state index is 0.498. The number of fused-ring (bicyclic) bond motifs is 1. The minimum absolute atomic E-state index is 0.498. The summed E-state index contributed by atoms with van der Waals surface area (Å²) in [6, 6.07) is 6.46. The van der Waals surface area contributed by atoms with E-state index < -0.39 is 0 Å². The van der Waals surface area contributed by atoms with Gasteiger partial charge >= 0.3 is 0 Å². The summed E-state index contributed by atoms with van der Waals surface area (Å²) in [6.45, 7) is 8.52. The quantitative estimate of drug-likeness (QED) is 0.878. The van der Waals surface area contributed by atoms with Crippen molar-refractivity contribution in [2.24, 2.45) is 0 Å². The zero-order chi connectivity index (χ0) is 11.5. The summed E-state index contributed by atoms with van der Waals surface area (Å²) in [5.74, 6) is 0.498. The van der Waals surface area contributed by atoms with Gasteiger partial charge in [0.1, 0.15) is 0 Å². The summed E-state index contributed by atoms with van der Waals surface area (Å²) in [7, 11) is 0. The van der Waals surface area contributed by atoms with Crippen LogP contribution in [0.25, 0.3) is 10.2 Å². The molecule has 16 heavy (non-hydrogen) atoms. The molecule has 0 amide bonds. The molecule has 2 aromatic rings. The molecule has 2 rings (SSSR count). The molecule has 1 unspecified atom stereocenters. The molecule has 0 fully saturated rings. The lowest BCUT2D eigenvalue weighted by Crippen LogP contribution is -2.19. The van der Waals surface area contributed by atoms with Crippen LogP contribution in [-0.2, 0) is 0 Å². The summed E-state index contributed by atoms with van der Waals surface area (Å²) in [5, 5.41) is 4.61. The van der Waals surface area contributed by atoms with Gasteiger partial charge in [0, 0.05) is 12.5 Å². The Bertz CT molecular complexity index is 476.